The predicted octanol–water partition coefficient (Wildman–Crippen LogP) is 4.28. The van der Waals surface area contributed by atoms with Gasteiger partial charge in [-0.3, -0.25) is 4.79 Å². The first kappa shape index (κ1) is 20.1. The molecule has 0 spiro atoms. The molecular weight excluding hydrogens is 412 g/mol. The Morgan fingerprint density at radius 3 is 2.69 bits per heavy atom. The Balaban J connectivity index is 1.40. The van der Waals surface area contributed by atoms with Gasteiger partial charge in [0, 0.05) is 13.1 Å². The third-order valence-corrected chi connectivity index (χ3v) is 5.70. The number of amides is 1. The van der Waals surface area contributed by atoms with E-state index < -0.39 is 0 Å². The minimum atomic E-state index is -0.352. The highest BCUT2D eigenvalue weighted by Gasteiger charge is 2.28. The van der Waals surface area contributed by atoms with Gasteiger partial charge in [0.25, 0.3) is 5.91 Å². The van der Waals surface area contributed by atoms with Crippen LogP contribution in [0.5, 0.6) is 0 Å². The molecule has 32 heavy (non-hydrogen) atoms. The van der Waals surface area contributed by atoms with E-state index in [-0.39, 0.29) is 30.1 Å². The lowest BCUT2D eigenvalue weighted by molar-refractivity contribution is 0.0944. The van der Waals surface area contributed by atoms with E-state index in [4.69, 9.17) is 0 Å². The van der Waals surface area contributed by atoms with Gasteiger partial charge in [-0.05, 0) is 60.4 Å². The molecule has 6 nitrogen and oxygen atoms in total. The van der Waals surface area contributed by atoms with E-state index in [2.05, 4.69) is 20.3 Å². The number of fused-ring (bicyclic) bond motifs is 1. The summed E-state index contributed by atoms with van der Waals surface area (Å²) < 4.78 is 28.7. The fourth-order valence-electron chi connectivity index (χ4n) is 4.19. The quantitative estimate of drug-likeness (QED) is 0.510. The molecule has 5 rings (SSSR count). The fraction of sp³-hybridized carbons (Fsp3) is 0.208. The lowest BCUT2D eigenvalue weighted by Gasteiger charge is -2.26. The van der Waals surface area contributed by atoms with Gasteiger partial charge >= 0.3 is 0 Å². The summed E-state index contributed by atoms with van der Waals surface area (Å²) in [5.74, 6) is -0.267. The molecule has 2 aromatic heterocycles. The monoisotopic (exact) mass is 433 g/mol. The number of rotatable bonds is 5. The highest BCUT2D eigenvalue weighted by atomic mass is 19.1. The minimum absolute atomic E-state index is 0.0180. The number of hydrogen-bond donors (Lipinski definition) is 1. The van der Waals surface area contributed by atoms with Gasteiger partial charge in [0.15, 0.2) is 11.3 Å². The zero-order chi connectivity index (χ0) is 22.1. The van der Waals surface area contributed by atoms with Gasteiger partial charge in [-0.25, -0.2) is 18.3 Å². The lowest BCUT2D eigenvalue weighted by Crippen LogP contribution is -2.26. The molecule has 8 heteroatoms. The maximum Gasteiger partial charge on any atom is 0.271 e. The van der Waals surface area contributed by atoms with Crippen molar-refractivity contribution in [2.24, 2.45) is 0 Å². The summed E-state index contributed by atoms with van der Waals surface area (Å²) in [5.41, 5.74) is 2.41. The molecule has 0 saturated carbocycles. The van der Waals surface area contributed by atoms with Gasteiger partial charge in [-0.15, -0.1) is 5.10 Å². The smallest absolute Gasteiger partial charge is 0.271 e. The van der Waals surface area contributed by atoms with Crippen LogP contribution in [0.3, 0.4) is 0 Å². The third kappa shape index (κ3) is 3.91. The van der Waals surface area contributed by atoms with Crippen molar-refractivity contribution in [3.8, 4) is 0 Å². The van der Waals surface area contributed by atoms with Crippen molar-refractivity contribution in [3.05, 3.63) is 95.3 Å². The molecule has 1 saturated heterocycles. The van der Waals surface area contributed by atoms with Crippen molar-refractivity contribution in [1.82, 2.24) is 19.9 Å². The van der Waals surface area contributed by atoms with Crippen LogP contribution in [0, 0.1) is 11.6 Å². The number of anilines is 1. The number of hydrogen-bond acceptors (Lipinski definition) is 4. The van der Waals surface area contributed by atoms with Crippen molar-refractivity contribution < 1.29 is 13.6 Å². The summed E-state index contributed by atoms with van der Waals surface area (Å²) >= 11 is 0. The normalized spacial score (nSPS) is 15.9. The first-order valence-corrected chi connectivity index (χ1v) is 10.5. The van der Waals surface area contributed by atoms with Gasteiger partial charge < -0.3 is 10.2 Å². The van der Waals surface area contributed by atoms with Gasteiger partial charge in [-0.2, -0.15) is 0 Å². The Labute approximate surface area is 183 Å². The summed E-state index contributed by atoms with van der Waals surface area (Å²) in [4.78, 5) is 19.2. The third-order valence-electron chi connectivity index (χ3n) is 5.70. The Hall–Kier alpha value is -3.81. The van der Waals surface area contributed by atoms with Crippen LogP contribution < -0.4 is 10.2 Å². The zero-order valence-electron chi connectivity index (χ0n) is 17.2. The van der Waals surface area contributed by atoms with Crippen molar-refractivity contribution in [2.45, 2.75) is 25.4 Å². The number of carbonyl (C=O) groups excluding carboxylic acids is 1. The minimum Gasteiger partial charge on any atom is -0.348 e. The van der Waals surface area contributed by atoms with E-state index in [0.717, 1.165) is 24.9 Å². The van der Waals surface area contributed by atoms with Crippen LogP contribution in [0.15, 0.2) is 66.9 Å². The molecule has 0 aliphatic carbocycles. The summed E-state index contributed by atoms with van der Waals surface area (Å²) in [6, 6.07) is 16.4. The Morgan fingerprint density at radius 2 is 1.88 bits per heavy atom. The highest BCUT2D eigenvalue weighted by molar-refractivity contribution is 5.93. The SMILES string of the molecule is O=C(NCc1cccc(F)c1)c1cnc2ccc(N3CCCC3c3cccc(F)c3)nn12. The molecule has 1 unspecified atom stereocenters. The first-order valence-electron chi connectivity index (χ1n) is 10.5. The van der Waals surface area contributed by atoms with Crippen LogP contribution in [0.4, 0.5) is 14.6 Å². The number of nitrogens with zero attached hydrogens (tertiary/aromatic N) is 4. The van der Waals surface area contributed by atoms with Gasteiger partial charge in [0.2, 0.25) is 0 Å². The van der Waals surface area contributed by atoms with E-state index in [1.807, 2.05) is 18.2 Å². The van der Waals surface area contributed by atoms with Gasteiger partial charge in [0.05, 0.1) is 12.2 Å². The summed E-state index contributed by atoms with van der Waals surface area (Å²) in [6.07, 6.45) is 3.33. The van der Waals surface area contributed by atoms with Crippen LogP contribution >= 0.6 is 0 Å². The molecule has 1 N–H and O–H groups in total. The summed E-state index contributed by atoms with van der Waals surface area (Å²) in [6.45, 7) is 0.979. The van der Waals surface area contributed by atoms with Gasteiger partial charge in [0.1, 0.15) is 17.5 Å². The van der Waals surface area contributed by atoms with E-state index >= 15 is 0 Å². The molecule has 1 aliphatic rings. The van der Waals surface area contributed by atoms with Crippen molar-refractivity contribution in [1.29, 1.82) is 0 Å². The Kier molecular flexibility index (Phi) is 5.26. The van der Waals surface area contributed by atoms with E-state index in [1.54, 1.807) is 24.3 Å². The molecule has 162 valence electrons. The Bertz CT molecular complexity index is 1290. The molecule has 1 amide bonds. The van der Waals surface area contributed by atoms with Crippen LogP contribution in [0.25, 0.3) is 5.65 Å². The zero-order valence-corrected chi connectivity index (χ0v) is 17.2. The van der Waals surface area contributed by atoms with E-state index in [9.17, 15) is 13.6 Å². The van der Waals surface area contributed by atoms with Crippen LogP contribution in [0.1, 0.15) is 40.5 Å². The van der Waals surface area contributed by atoms with Crippen molar-refractivity contribution >= 4 is 17.4 Å². The molecule has 3 heterocycles. The second-order valence-corrected chi connectivity index (χ2v) is 7.82. The maximum atomic E-state index is 13.8. The molecule has 1 atom stereocenters. The molecule has 1 fully saturated rings. The Morgan fingerprint density at radius 1 is 1.06 bits per heavy atom. The second kappa shape index (κ2) is 8.37. The summed E-state index contributed by atoms with van der Waals surface area (Å²) in [7, 11) is 0. The largest absolute Gasteiger partial charge is 0.348 e. The van der Waals surface area contributed by atoms with Crippen molar-refractivity contribution in [3.63, 3.8) is 0 Å². The first-order chi connectivity index (χ1) is 15.6. The molecular formula is C24H21F2N5O. The molecule has 0 bridgehead atoms. The fourth-order valence-corrected chi connectivity index (χ4v) is 4.19. The molecule has 2 aromatic carbocycles. The number of benzene rings is 2. The molecule has 1 aliphatic heterocycles. The highest BCUT2D eigenvalue weighted by Crippen LogP contribution is 2.35. The average Bonchev–Trinajstić information content (AvgIpc) is 3.44. The number of halogens is 2. The topological polar surface area (TPSA) is 62.5 Å². The maximum absolute atomic E-state index is 13.8. The van der Waals surface area contributed by atoms with E-state index in [1.165, 1.54) is 28.9 Å². The van der Waals surface area contributed by atoms with E-state index in [0.29, 0.717) is 22.7 Å². The van der Waals surface area contributed by atoms with Crippen LogP contribution in [0.2, 0.25) is 0 Å². The lowest BCUT2D eigenvalue weighted by atomic mass is 10.0. The van der Waals surface area contributed by atoms with Crippen LogP contribution in [-0.4, -0.2) is 27.0 Å². The van der Waals surface area contributed by atoms with Gasteiger partial charge in [-0.1, -0.05) is 24.3 Å². The number of carbonyl (C=O) groups is 1. The number of nitrogens with one attached hydrogen (secondary N) is 1. The van der Waals surface area contributed by atoms with Crippen LogP contribution in [-0.2, 0) is 6.54 Å². The predicted molar refractivity (Wildman–Crippen MR) is 116 cm³/mol. The number of imidazole rings is 1. The molecule has 0 radical (unpaired) electrons. The second-order valence-electron chi connectivity index (χ2n) is 7.82. The summed E-state index contributed by atoms with van der Waals surface area (Å²) in [5, 5.41) is 7.46. The average molecular weight is 433 g/mol. The van der Waals surface area contributed by atoms with Crippen molar-refractivity contribution in [2.75, 3.05) is 11.4 Å². The molecule has 4 aromatic rings. The number of aromatic nitrogens is 3. The standard InChI is InChI=1S/C24H21F2N5O/c25-18-6-1-4-16(12-18)14-28-24(32)21-15-27-22-9-10-23(29-31(21)22)30-11-3-8-20(30)17-5-2-7-19(26)13-17/h1-2,4-7,9-10,12-13,15,20H,3,8,11,14H2,(H,28,32).